The van der Waals surface area contributed by atoms with Crippen molar-refractivity contribution in [2.24, 2.45) is 0 Å². The van der Waals surface area contributed by atoms with Crippen LogP contribution in [0.4, 0.5) is 4.39 Å². The normalized spacial score (nSPS) is 12.4. The van der Waals surface area contributed by atoms with E-state index >= 15 is 0 Å². The summed E-state index contributed by atoms with van der Waals surface area (Å²) in [6.07, 6.45) is 1.39. The van der Waals surface area contributed by atoms with Crippen molar-refractivity contribution in [1.82, 2.24) is 5.32 Å². The minimum absolute atomic E-state index is 0.129. The zero-order chi connectivity index (χ0) is 15.4. The number of rotatable bonds is 5. The minimum Gasteiger partial charge on any atom is -0.316 e. The summed E-state index contributed by atoms with van der Waals surface area (Å²) in [5, 5.41) is 4.68. The first kappa shape index (κ1) is 16.6. The molecule has 0 heterocycles. The Kier molecular flexibility index (Phi) is 5.88. The van der Waals surface area contributed by atoms with E-state index in [4.69, 9.17) is 34.8 Å². The molecule has 0 saturated carbocycles. The van der Waals surface area contributed by atoms with Crippen LogP contribution in [0, 0.1) is 5.82 Å². The second-order valence-corrected chi connectivity index (χ2v) is 6.06. The maximum absolute atomic E-state index is 13.2. The van der Waals surface area contributed by atoms with Crippen LogP contribution in [-0.2, 0) is 12.8 Å². The number of hydrogen-bond donors (Lipinski definition) is 1. The molecule has 5 heteroatoms. The fraction of sp³-hybridized carbons (Fsp3) is 0.250. The van der Waals surface area contributed by atoms with Gasteiger partial charge in [0.25, 0.3) is 0 Å². The van der Waals surface area contributed by atoms with Crippen molar-refractivity contribution in [3.8, 4) is 0 Å². The zero-order valence-corrected chi connectivity index (χ0v) is 13.7. The van der Waals surface area contributed by atoms with E-state index in [1.54, 1.807) is 12.1 Å². The molecule has 21 heavy (non-hydrogen) atoms. The van der Waals surface area contributed by atoms with E-state index in [-0.39, 0.29) is 11.1 Å². The van der Waals surface area contributed by atoms with Crippen molar-refractivity contribution < 1.29 is 4.39 Å². The molecule has 0 spiro atoms. The predicted molar refractivity (Wildman–Crippen MR) is 88.1 cm³/mol. The van der Waals surface area contributed by atoms with E-state index in [9.17, 15) is 4.39 Å². The van der Waals surface area contributed by atoms with Crippen LogP contribution in [0.5, 0.6) is 0 Å². The lowest BCUT2D eigenvalue weighted by Gasteiger charge is -2.18. The van der Waals surface area contributed by atoms with Crippen molar-refractivity contribution in [2.75, 3.05) is 7.05 Å². The van der Waals surface area contributed by atoms with Crippen LogP contribution in [0.25, 0.3) is 0 Å². The Morgan fingerprint density at radius 3 is 2.24 bits per heavy atom. The second-order valence-electron chi connectivity index (χ2n) is 4.84. The average molecular weight is 347 g/mol. The lowest BCUT2D eigenvalue weighted by molar-refractivity contribution is 0.555. The van der Waals surface area contributed by atoms with Crippen LogP contribution in [0.2, 0.25) is 15.1 Å². The Morgan fingerprint density at radius 1 is 1.00 bits per heavy atom. The van der Waals surface area contributed by atoms with Gasteiger partial charge in [-0.1, -0.05) is 46.9 Å². The highest BCUT2D eigenvalue weighted by molar-refractivity contribution is 6.36. The summed E-state index contributed by atoms with van der Waals surface area (Å²) in [6, 6.07) is 10.4. The molecular formula is C16H15Cl3FN. The van der Waals surface area contributed by atoms with Gasteiger partial charge in [0.2, 0.25) is 0 Å². The third-order valence-electron chi connectivity index (χ3n) is 3.39. The van der Waals surface area contributed by atoms with Crippen LogP contribution in [0.15, 0.2) is 36.4 Å². The van der Waals surface area contributed by atoms with Gasteiger partial charge in [-0.3, -0.25) is 0 Å². The fourth-order valence-electron chi connectivity index (χ4n) is 2.20. The quantitative estimate of drug-likeness (QED) is 0.788. The summed E-state index contributed by atoms with van der Waals surface area (Å²) in [5.74, 6) is -0.407. The van der Waals surface area contributed by atoms with Crippen LogP contribution in [0.3, 0.4) is 0 Å². The molecule has 0 radical (unpaired) electrons. The molecule has 1 nitrogen and oxygen atoms in total. The predicted octanol–water partition coefficient (Wildman–Crippen LogP) is 5.16. The average Bonchev–Trinajstić information content (AvgIpc) is 2.45. The third kappa shape index (κ3) is 4.33. The molecule has 1 N–H and O–H groups in total. The first-order valence-corrected chi connectivity index (χ1v) is 7.68. The first-order valence-electron chi connectivity index (χ1n) is 6.55. The standard InChI is InChI=1S/C16H15Cl3FN/c1-21-11(7-10-5-6-16(20)15(19)8-10)9-12-13(17)3-2-4-14(12)18/h2-6,8,11,21H,7,9H2,1H3. The summed E-state index contributed by atoms with van der Waals surface area (Å²) in [7, 11) is 1.88. The molecule has 0 bridgehead atoms. The highest BCUT2D eigenvalue weighted by atomic mass is 35.5. The van der Waals surface area contributed by atoms with Crippen LogP contribution in [-0.4, -0.2) is 13.1 Å². The van der Waals surface area contributed by atoms with E-state index in [1.807, 2.05) is 25.2 Å². The molecule has 1 unspecified atom stereocenters. The van der Waals surface area contributed by atoms with Crippen molar-refractivity contribution in [3.63, 3.8) is 0 Å². The summed E-state index contributed by atoms with van der Waals surface area (Å²) >= 11 is 18.2. The van der Waals surface area contributed by atoms with Crippen LogP contribution in [0.1, 0.15) is 11.1 Å². The number of hydrogen-bond acceptors (Lipinski definition) is 1. The van der Waals surface area contributed by atoms with Crippen molar-refractivity contribution >= 4 is 34.8 Å². The Morgan fingerprint density at radius 2 is 1.67 bits per heavy atom. The van der Waals surface area contributed by atoms with Crippen molar-refractivity contribution in [3.05, 3.63) is 68.4 Å². The minimum atomic E-state index is -0.407. The summed E-state index contributed by atoms with van der Waals surface area (Å²) in [5.41, 5.74) is 1.87. The van der Waals surface area contributed by atoms with Gasteiger partial charge < -0.3 is 5.32 Å². The summed E-state index contributed by atoms with van der Waals surface area (Å²) in [4.78, 5) is 0. The molecule has 0 aliphatic carbocycles. The molecule has 0 aromatic heterocycles. The Hall–Kier alpha value is -0.800. The number of benzene rings is 2. The Bertz CT molecular complexity index is 611. The van der Waals surface area contributed by atoms with E-state index in [2.05, 4.69) is 5.32 Å². The lowest BCUT2D eigenvalue weighted by Crippen LogP contribution is -2.30. The summed E-state index contributed by atoms with van der Waals surface area (Å²) < 4.78 is 13.2. The van der Waals surface area contributed by atoms with Gasteiger partial charge in [0, 0.05) is 16.1 Å². The summed E-state index contributed by atoms with van der Waals surface area (Å²) in [6.45, 7) is 0. The zero-order valence-electron chi connectivity index (χ0n) is 11.5. The van der Waals surface area contributed by atoms with Crippen LogP contribution >= 0.6 is 34.8 Å². The molecule has 0 amide bonds. The molecule has 1 atom stereocenters. The van der Waals surface area contributed by atoms with Gasteiger partial charge in [-0.05, 0) is 55.3 Å². The van der Waals surface area contributed by atoms with Gasteiger partial charge in [0.15, 0.2) is 0 Å². The lowest BCUT2D eigenvalue weighted by atomic mass is 9.99. The molecule has 0 aliphatic heterocycles. The molecule has 0 aliphatic rings. The number of nitrogens with one attached hydrogen (secondary N) is 1. The maximum Gasteiger partial charge on any atom is 0.141 e. The van der Waals surface area contributed by atoms with Gasteiger partial charge in [0.1, 0.15) is 5.82 Å². The van der Waals surface area contributed by atoms with Crippen molar-refractivity contribution in [2.45, 2.75) is 18.9 Å². The molecule has 2 aromatic carbocycles. The Labute approximate surface area is 139 Å². The van der Waals surface area contributed by atoms with Gasteiger partial charge in [-0.2, -0.15) is 0 Å². The van der Waals surface area contributed by atoms with Gasteiger partial charge in [-0.15, -0.1) is 0 Å². The van der Waals surface area contributed by atoms with E-state index in [0.717, 1.165) is 11.1 Å². The molecular weight excluding hydrogens is 332 g/mol. The fourth-order valence-corrected chi connectivity index (χ4v) is 2.96. The van der Waals surface area contributed by atoms with Crippen LogP contribution < -0.4 is 5.32 Å². The van der Waals surface area contributed by atoms with Crippen molar-refractivity contribution in [1.29, 1.82) is 0 Å². The van der Waals surface area contributed by atoms with Gasteiger partial charge >= 0.3 is 0 Å². The van der Waals surface area contributed by atoms with E-state index in [0.29, 0.717) is 22.9 Å². The highest BCUT2D eigenvalue weighted by Crippen LogP contribution is 2.26. The smallest absolute Gasteiger partial charge is 0.141 e. The highest BCUT2D eigenvalue weighted by Gasteiger charge is 2.14. The van der Waals surface area contributed by atoms with E-state index < -0.39 is 5.82 Å². The number of likely N-dealkylation sites (N-methyl/N-ethyl adjacent to an activating group) is 1. The molecule has 2 aromatic rings. The molecule has 0 saturated heterocycles. The largest absolute Gasteiger partial charge is 0.316 e. The third-order valence-corrected chi connectivity index (χ3v) is 4.38. The molecule has 112 valence electrons. The number of halogens is 4. The monoisotopic (exact) mass is 345 g/mol. The second kappa shape index (κ2) is 7.46. The maximum atomic E-state index is 13.2. The van der Waals surface area contributed by atoms with E-state index in [1.165, 1.54) is 6.07 Å². The molecule has 0 fully saturated rings. The topological polar surface area (TPSA) is 12.0 Å². The first-order chi connectivity index (χ1) is 10.0. The molecule has 2 rings (SSSR count). The Balaban J connectivity index is 2.15. The van der Waals surface area contributed by atoms with Gasteiger partial charge in [-0.25, -0.2) is 4.39 Å². The SMILES string of the molecule is CNC(Cc1ccc(F)c(Cl)c1)Cc1c(Cl)cccc1Cl. The van der Waals surface area contributed by atoms with Gasteiger partial charge in [0.05, 0.1) is 5.02 Å².